The molecule has 1 fully saturated rings. The van der Waals surface area contributed by atoms with Crippen LogP contribution in [0.4, 0.5) is 0 Å². The summed E-state index contributed by atoms with van der Waals surface area (Å²) in [4.78, 5) is 14.5. The molecule has 2 atom stereocenters. The molecule has 1 aliphatic rings. The van der Waals surface area contributed by atoms with Crippen molar-refractivity contribution in [2.75, 3.05) is 13.1 Å². The van der Waals surface area contributed by atoms with Crippen LogP contribution < -0.4 is 0 Å². The highest BCUT2D eigenvalue weighted by Crippen LogP contribution is 2.50. The average Bonchev–Trinajstić information content (AvgIpc) is 3.31. The van der Waals surface area contributed by atoms with Crippen molar-refractivity contribution < 1.29 is 9.90 Å². The summed E-state index contributed by atoms with van der Waals surface area (Å²) in [6, 6.07) is 14.7. The molecule has 3 rings (SSSR count). The molecule has 23 heavy (non-hydrogen) atoms. The van der Waals surface area contributed by atoms with Crippen LogP contribution in [0.15, 0.2) is 42.5 Å². The van der Waals surface area contributed by atoms with Crippen LogP contribution >= 0.6 is 0 Å². The first kappa shape index (κ1) is 16.0. The largest absolute Gasteiger partial charge is 0.389 e. The van der Waals surface area contributed by atoms with E-state index in [9.17, 15) is 9.90 Å². The minimum absolute atomic E-state index is 0.0584. The van der Waals surface area contributed by atoms with Crippen LogP contribution in [0.3, 0.4) is 0 Å². The molecule has 0 radical (unpaired) electrons. The SMILES string of the molecule is CCN(CC(C)(C)O)C(=O)C1CC1c1cccc2ccccc12. The zero-order valence-corrected chi connectivity index (χ0v) is 14.1. The van der Waals surface area contributed by atoms with Crippen molar-refractivity contribution in [3.05, 3.63) is 48.0 Å². The summed E-state index contributed by atoms with van der Waals surface area (Å²) in [6.07, 6.45) is 0.912. The highest BCUT2D eigenvalue weighted by atomic mass is 16.3. The molecule has 2 unspecified atom stereocenters. The third-order valence-electron chi connectivity index (χ3n) is 4.60. The van der Waals surface area contributed by atoms with E-state index in [2.05, 4.69) is 36.4 Å². The minimum atomic E-state index is -0.852. The van der Waals surface area contributed by atoms with Gasteiger partial charge in [0.15, 0.2) is 0 Å². The van der Waals surface area contributed by atoms with Gasteiger partial charge in [-0.3, -0.25) is 4.79 Å². The molecule has 0 spiro atoms. The van der Waals surface area contributed by atoms with E-state index in [1.54, 1.807) is 18.7 Å². The summed E-state index contributed by atoms with van der Waals surface area (Å²) in [6.45, 7) is 6.50. The highest BCUT2D eigenvalue weighted by Gasteiger charge is 2.46. The van der Waals surface area contributed by atoms with Crippen molar-refractivity contribution in [1.29, 1.82) is 0 Å². The molecule has 3 nitrogen and oxygen atoms in total. The summed E-state index contributed by atoms with van der Waals surface area (Å²) in [5, 5.41) is 12.5. The number of fused-ring (bicyclic) bond motifs is 1. The number of aliphatic hydroxyl groups is 1. The van der Waals surface area contributed by atoms with E-state index in [0.29, 0.717) is 19.0 Å². The Morgan fingerprint density at radius 1 is 1.22 bits per heavy atom. The number of nitrogens with zero attached hydrogens (tertiary/aromatic N) is 1. The summed E-state index contributed by atoms with van der Waals surface area (Å²) in [5.74, 6) is 0.542. The van der Waals surface area contributed by atoms with Crippen molar-refractivity contribution in [2.45, 2.75) is 38.7 Å². The van der Waals surface area contributed by atoms with Crippen molar-refractivity contribution in [3.63, 3.8) is 0 Å². The lowest BCUT2D eigenvalue weighted by molar-refractivity contribution is -0.135. The Labute approximate surface area is 137 Å². The van der Waals surface area contributed by atoms with Gasteiger partial charge in [-0.05, 0) is 49.4 Å². The fraction of sp³-hybridized carbons (Fsp3) is 0.450. The zero-order chi connectivity index (χ0) is 16.6. The predicted octanol–water partition coefficient (Wildman–Crippen LogP) is 3.56. The van der Waals surface area contributed by atoms with Crippen LogP contribution in [0.25, 0.3) is 10.8 Å². The number of carbonyl (C=O) groups excluding carboxylic acids is 1. The molecule has 0 heterocycles. The van der Waals surface area contributed by atoms with Gasteiger partial charge in [0.2, 0.25) is 5.91 Å². The Balaban J connectivity index is 1.79. The van der Waals surface area contributed by atoms with Crippen LogP contribution in [-0.4, -0.2) is 34.6 Å². The molecule has 3 heteroatoms. The van der Waals surface area contributed by atoms with Gasteiger partial charge in [0.05, 0.1) is 5.60 Å². The number of rotatable bonds is 5. The van der Waals surface area contributed by atoms with Crippen LogP contribution in [0, 0.1) is 5.92 Å². The summed E-state index contributed by atoms with van der Waals surface area (Å²) in [7, 11) is 0. The molecule has 1 amide bonds. The third-order valence-corrected chi connectivity index (χ3v) is 4.60. The van der Waals surface area contributed by atoms with E-state index in [1.165, 1.54) is 16.3 Å². The maximum Gasteiger partial charge on any atom is 0.226 e. The first-order valence-electron chi connectivity index (χ1n) is 8.39. The number of benzene rings is 2. The fourth-order valence-corrected chi connectivity index (χ4v) is 3.43. The number of amides is 1. The van der Waals surface area contributed by atoms with Crippen molar-refractivity contribution in [3.8, 4) is 0 Å². The molecule has 0 bridgehead atoms. The smallest absolute Gasteiger partial charge is 0.226 e. The average molecular weight is 311 g/mol. The van der Waals surface area contributed by atoms with Crippen LogP contribution in [-0.2, 0) is 4.79 Å². The Bertz CT molecular complexity index is 712. The van der Waals surface area contributed by atoms with E-state index < -0.39 is 5.60 Å². The van der Waals surface area contributed by atoms with Gasteiger partial charge in [0, 0.05) is 19.0 Å². The van der Waals surface area contributed by atoms with E-state index in [0.717, 1.165) is 6.42 Å². The second kappa shape index (κ2) is 5.97. The van der Waals surface area contributed by atoms with Gasteiger partial charge < -0.3 is 10.0 Å². The maximum atomic E-state index is 12.7. The molecular weight excluding hydrogens is 286 g/mol. The van der Waals surface area contributed by atoms with Crippen molar-refractivity contribution in [1.82, 2.24) is 4.90 Å². The van der Waals surface area contributed by atoms with Crippen molar-refractivity contribution in [2.24, 2.45) is 5.92 Å². The molecule has 122 valence electrons. The predicted molar refractivity (Wildman–Crippen MR) is 93.3 cm³/mol. The first-order valence-corrected chi connectivity index (χ1v) is 8.39. The zero-order valence-electron chi connectivity index (χ0n) is 14.1. The molecule has 2 aromatic rings. The highest BCUT2D eigenvalue weighted by molar-refractivity contribution is 5.89. The molecule has 1 saturated carbocycles. The topological polar surface area (TPSA) is 40.5 Å². The quantitative estimate of drug-likeness (QED) is 0.917. The molecule has 1 N–H and O–H groups in total. The lowest BCUT2D eigenvalue weighted by Crippen LogP contribution is -2.42. The summed E-state index contributed by atoms with van der Waals surface area (Å²) >= 11 is 0. The van der Waals surface area contributed by atoms with Gasteiger partial charge in [-0.15, -0.1) is 0 Å². The van der Waals surface area contributed by atoms with E-state index in [-0.39, 0.29) is 11.8 Å². The van der Waals surface area contributed by atoms with Gasteiger partial charge in [0.25, 0.3) is 0 Å². The van der Waals surface area contributed by atoms with E-state index >= 15 is 0 Å². The summed E-state index contributed by atoms with van der Waals surface area (Å²) < 4.78 is 0. The lowest BCUT2D eigenvalue weighted by atomic mass is 10.00. The van der Waals surface area contributed by atoms with E-state index in [4.69, 9.17) is 0 Å². The number of hydrogen-bond donors (Lipinski definition) is 1. The van der Waals surface area contributed by atoms with Crippen LogP contribution in [0.5, 0.6) is 0 Å². The second-order valence-electron chi connectivity index (χ2n) is 7.18. The van der Waals surface area contributed by atoms with Crippen molar-refractivity contribution >= 4 is 16.7 Å². The van der Waals surface area contributed by atoms with Crippen LogP contribution in [0.1, 0.15) is 38.7 Å². The maximum absolute atomic E-state index is 12.7. The van der Waals surface area contributed by atoms with Gasteiger partial charge in [-0.2, -0.15) is 0 Å². The Morgan fingerprint density at radius 3 is 2.61 bits per heavy atom. The molecule has 2 aromatic carbocycles. The molecule has 0 saturated heterocycles. The number of carbonyl (C=O) groups is 1. The Kier molecular flexibility index (Phi) is 4.15. The van der Waals surface area contributed by atoms with E-state index in [1.807, 2.05) is 13.0 Å². The molecular formula is C20H25NO2. The third kappa shape index (κ3) is 3.40. The Hall–Kier alpha value is -1.87. The fourth-order valence-electron chi connectivity index (χ4n) is 3.43. The van der Waals surface area contributed by atoms with Crippen LogP contribution in [0.2, 0.25) is 0 Å². The normalized spacial score (nSPS) is 20.5. The monoisotopic (exact) mass is 311 g/mol. The first-order chi connectivity index (χ1) is 10.9. The summed E-state index contributed by atoms with van der Waals surface area (Å²) in [5.41, 5.74) is 0.427. The molecule has 0 aliphatic heterocycles. The molecule has 1 aliphatic carbocycles. The number of hydrogen-bond acceptors (Lipinski definition) is 2. The van der Waals surface area contributed by atoms with Gasteiger partial charge >= 0.3 is 0 Å². The van der Waals surface area contributed by atoms with Gasteiger partial charge in [0.1, 0.15) is 0 Å². The minimum Gasteiger partial charge on any atom is -0.389 e. The molecule has 0 aromatic heterocycles. The van der Waals surface area contributed by atoms with Gasteiger partial charge in [-0.1, -0.05) is 42.5 Å². The standard InChI is InChI=1S/C20H25NO2/c1-4-21(13-20(2,3)23)19(22)18-12-17(18)16-11-7-9-14-8-5-6-10-15(14)16/h5-11,17-18,23H,4,12-13H2,1-3H3. The second-order valence-corrected chi connectivity index (χ2v) is 7.18. The number of likely N-dealkylation sites (N-methyl/N-ethyl adjacent to an activating group) is 1. The van der Waals surface area contributed by atoms with Gasteiger partial charge in [-0.25, -0.2) is 0 Å². The lowest BCUT2D eigenvalue weighted by Gasteiger charge is -2.28. The Morgan fingerprint density at radius 2 is 1.91 bits per heavy atom.